The molecule has 0 amide bonds. The van der Waals surface area contributed by atoms with Gasteiger partial charge in [-0.15, -0.1) is 10.2 Å². The molecule has 2 aliphatic heterocycles. The molecule has 2 aromatic heterocycles. The van der Waals surface area contributed by atoms with Crippen molar-refractivity contribution < 1.29 is 13.9 Å². The summed E-state index contributed by atoms with van der Waals surface area (Å²) in [6.45, 7) is 3.86. The highest BCUT2D eigenvalue weighted by Gasteiger charge is 2.45. The van der Waals surface area contributed by atoms with Gasteiger partial charge in [-0.25, -0.2) is 4.98 Å². The highest BCUT2D eigenvalue weighted by atomic mass is 16.7. The van der Waals surface area contributed by atoms with E-state index >= 15 is 0 Å². The molecule has 25 heavy (non-hydrogen) atoms. The number of benzene rings is 1. The van der Waals surface area contributed by atoms with Gasteiger partial charge in [-0.2, -0.15) is 0 Å². The lowest BCUT2D eigenvalue weighted by Crippen LogP contribution is -2.58. The molecule has 0 spiro atoms. The van der Waals surface area contributed by atoms with Crippen LogP contribution in [0.25, 0.3) is 11.5 Å². The van der Waals surface area contributed by atoms with Crippen molar-refractivity contribution >= 4 is 5.82 Å². The van der Waals surface area contributed by atoms with Gasteiger partial charge in [0, 0.05) is 31.0 Å². The third-order valence-electron chi connectivity index (χ3n) is 4.51. The zero-order valence-corrected chi connectivity index (χ0v) is 13.5. The lowest BCUT2D eigenvalue weighted by molar-refractivity contribution is 0.174. The molecule has 0 radical (unpaired) electrons. The van der Waals surface area contributed by atoms with E-state index in [4.69, 9.17) is 13.9 Å². The molecule has 126 valence electrons. The first-order chi connectivity index (χ1) is 12.2. The first-order valence-corrected chi connectivity index (χ1v) is 7.96. The molecule has 2 aliphatic rings. The van der Waals surface area contributed by atoms with Crippen molar-refractivity contribution in [3.8, 4) is 23.0 Å². The molecule has 0 atom stereocenters. The van der Waals surface area contributed by atoms with Gasteiger partial charge < -0.3 is 18.8 Å². The van der Waals surface area contributed by atoms with Crippen molar-refractivity contribution in [3.05, 3.63) is 42.7 Å². The second-order valence-electron chi connectivity index (χ2n) is 6.46. The number of nitrogens with zero attached hydrogens (tertiary/aromatic N) is 5. The normalized spacial score (nSPS) is 17.4. The smallest absolute Gasteiger partial charge is 0.247 e. The molecule has 1 aromatic carbocycles. The maximum absolute atomic E-state index is 5.94. The Balaban J connectivity index is 1.37. The average molecular weight is 337 g/mol. The van der Waals surface area contributed by atoms with E-state index in [0.717, 1.165) is 30.2 Å². The summed E-state index contributed by atoms with van der Waals surface area (Å²) in [7, 11) is 0. The number of anilines is 1. The van der Waals surface area contributed by atoms with Crippen molar-refractivity contribution in [3.63, 3.8) is 0 Å². The molecule has 1 saturated heterocycles. The van der Waals surface area contributed by atoms with Crippen molar-refractivity contribution in [2.75, 3.05) is 24.8 Å². The number of ether oxygens (including phenoxy) is 2. The van der Waals surface area contributed by atoms with E-state index in [2.05, 4.69) is 32.0 Å². The lowest BCUT2D eigenvalue weighted by atomic mass is 9.82. The highest BCUT2D eigenvalue weighted by molar-refractivity contribution is 5.60. The van der Waals surface area contributed by atoms with Crippen LogP contribution in [-0.2, 0) is 5.41 Å². The van der Waals surface area contributed by atoms with Crippen LogP contribution in [0.15, 0.2) is 41.2 Å². The Hall–Kier alpha value is -3.16. The molecule has 8 heteroatoms. The van der Waals surface area contributed by atoms with Crippen LogP contribution < -0.4 is 14.4 Å². The number of fused-ring (bicyclic) bond motifs is 1. The van der Waals surface area contributed by atoms with E-state index in [-0.39, 0.29) is 12.2 Å². The first kappa shape index (κ1) is 14.2. The van der Waals surface area contributed by atoms with Gasteiger partial charge in [-0.1, -0.05) is 0 Å². The topological polar surface area (TPSA) is 86.4 Å². The Kier molecular flexibility index (Phi) is 2.94. The minimum absolute atomic E-state index is 0.195. The van der Waals surface area contributed by atoms with E-state index in [0.29, 0.717) is 17.5 Å². The molecule has 4 heterocycles. The van der Waals surface area contributed by atoms with Crippen LogP contribution in [-0.4, -0.2) is 40.0 Å². The lowest BCUT2D eigenvalue weighted by Gasteiger charge is -2.46. The van der Waals surface area contributed by atoms with Gasteiger partial charge in [-0.05, 0) is 25.1 Å². The van der Waals surface area contributed by atoms with Gasteiger partial charge in [0.2, 0.25) is 18.6 Å². The van der Waals surface area contributed by atoms with E-state index in [9.17, 15) is 0 Å². The van der Waals surface area contributed by atoms with E-state index < -0.39 is 0 Å². The molecule has 3 aromatic rings. The van der Waals surface area contributed by atoms with Crippen LogP contribution >= 0.6 is 0 Å². The van der Waals surface area contributed by atoms with Crippen LogP contribution in [0.1, 0.15) is 12.8 Å². The first-order valence-electron chi connectivity index (χ1n) is 7.96. The molecular formula is C17H15N5O3. The van der Waals surface area contributed by atoms with Crippen molar-refractivity contribution in [1.82, 2.24) is 20.2 Å². The van der Waals surface area contributed by atoms with Crippen molar-refractivity contribution in [2.24, 2.45) is 0 Å². The van der Waals surface area contributed by atoms with Gasteiger partial charge in [0.1, 0.15) is 5.82 Å². The minimum Gasteiger partial charge on any atom is -0.454 e. The summed E-state index contributed by atoms with van der Waals surface area (Å²) in [5.74, 6) is 3.39. The fraction of sp³-hybridized carbons (Fsp3) is 0.294. The van der Waals surface area contributed by atoms with Crippen LogP contribution in [0.4, 0.5) is 5.82 Å². The summed E-state index contributed by atoms with van der Waals surface area (Å²) in [6.07, 6.45) is 5.11. The molecule has 1 fully saturated rings. The monoisotopic (exact) mass is 337 g/mol. The van der Waals surface area contributed by atoms with Crippen LogP contribution in [0.2, 0.25) is 0 Å². The van der Waals surface area contributed by atoms with Crippen LogP contribution in [0.5, 0.6) is 11.5 Å². The molecule has 0 N–H and O–H groups in total. The Labute approximate surface area is 143 Å². The van der Waals surface area contributed by atoms with Crippen LogP contribution in [0.3, 0.4) is 0 Å². The number of rotatable bonds is 3. The quantitative estimate of drug-likeness (QED) is 0.717. The molecule has 8 nitrogen and oxygen atoms in total. The maximum atomic E-state index is 5.94. The van der Waals surface area contributed by atoms with E-state index in [1.165, 1.54) is 0 Å². The Bertz CT molecular complexity index is 921. The van der Waals surface area contributed by atoms with Gasteiger partial charge >= 0.3 is 0 Å². The van der Waals surface area contributed by atoms with Gasteiger partial charge in [0.05, 0.1) is 11.6 Å². The zero-order chi connectivity index (χ0) is 16.9. The third kappa shape index (κ3) is 2.29. The number of hydrogen-bond donors (Lipinski definition) is 0. The Morgan fingerprint density at radius 3 is 2.80 bits per heavy atom. The number of aromatic nitrogens is 4. The van der Waals surface area contributed by atoms with Gasteiger partial charge in [0.15, 0.2) is 11.5 Å². The maximum Gasteiger partial charge on any atom is 0.247 e. The molecular weight excluding hydrogens is 322 g/mol. The fourth-order valence-electron chi connectivity index (χ4n) is 3.16. The van der Waals surface area contributed by atoms with Gasteiger partial charge in [0.25, 0.3) is 0 Å². The predicted molar refractivity (Wildman–Crippen MR) is 87.5 cm³/mol. The predicted octanol–water partition coefficient (Wildman–Crippen LogP) is 2.03. The van der Waals surface area contributed by atoms with E-state index in [1.807, 2.05) is 18.2 Å². The summed E-state index contributed by atoms with van der Waals surface area (Å²) < 4.78 is 16.7. The Morgan fingerprint density at radius 2 is 1.96 bits per heavy atom. The molecule has 0 unspecified atom stereocenters. The molecule has 0 aliphatic carbocycles. The fourth-order valence-corrected chi connectivity index (χ4v) is 3.16. The highest BCUT2D eigenvalue weighted by Crippen LogP contribution is 2.38. The second kappa shape index (κ2) is 5.17. The van der Waals surface area contributed by atoms with Crippen LogP contribution in [0, 0.1) is 0 Å². The zero-order valence-electron chi connectivity index (χ0n) is 13.5. The van der Waals surface area contributed by atoms with Gasteiger partial charge in [-0.3, -0.25) is 4.98 Å². The largest absolute Gasteiger partial charge is 0.454 e. The van der Waals surface area contributed by atoms with Crippen molar-refractivity contribution in [2.45, 2.75) is 12.3 Å². The SMILES string of the molecule is CC1(c2nnc(-c3ccc4c(c3)OCO4)o2)CN(c2cnccn2)C1. The minimum atomic E-state index is -0.195. The number of hydrogen-bond acceptors (Lipinski definition) is 8. The van der Waals surface area contributed by atoms with E-state index in [1.54, 1.807) is 18.6 Å². The molecule has 0 bridgehead atoms. The molecule has 0 saturated carbocycles. The van der Waals surface area contributed by atoms with Crippen molar-refractivity contribution in [1.29, 1.82) is 0 Å². The second-order valence-corrected chi connectivity index (χ2v) is 6.46. The summed E-state index contributed by atoms with van der Waals surface area (Å²) in [4.78, 5) is 10.6. The average Bonchev–Trinajstić information content (AvgIpc) is 3.28. The summed E-state index contributed by atoms with van der Waals surface area (Å²) >= 11 is 0. The summed E-state index contributed by atoms with van der Waals surface area (Å²) in [5.41, 5.74) is 0.621. The summed E-state index contributed by atoms with van der Waals surface area (Å²) in [6, 6.07) is 5.59. The standard InChI is InChI=1S/C17H15N5O3/c1-17(8-22(9-17)14-7-18-4-5-19-14)16-21-20-15(25-16)11-2-3-12-13(6-11)24-10-23-12/h2-7H,8-10H2,1H3. The third-order valence-corrected chi connectivity index (χ3v) is 4.51. The summed E-state index contributed by atoms with van der Waals surface area (Å²) in [5, 5.41) is 8.45. The molecule has 5 rings (SSSR count). The Morgan fingerprint density at radius 1 is 1.08 bits per heavy atom.